The van der Waals surface area contributed by atoms with Crippen molar-refractivity contribution in [3.8, 4) is 0 Å². The van der Waals surface area contributed by atoms with Gasteiger partial charge in [0.05, 0.1) is 0 Å². The quantitative estimate of drug-likeness (QED) is 0.221. The molecule has 14 N–H and O–H groups in total. The van der Waals surface area contributed by atoms with E-state index in [4.69, 9.17) is 19.1 Å². The van der Waals surface area contributed by atoms with Gasteiger partial charge in [0.1, 0.15) is 0 Å². The minimum absolute atomic E-state index is 0. The zero-order valence-corrected chi connectivity index (χ0v) is 6.70. The van der Waals surface area contributed by atoms with Crippen LogP contribution < -0.4 is 29.3 Å². The maximum atomic E-state index is 9.10. The summed E-state index contributed by atoms with van der Waals surface area (Å²) in [6.45, 7) is 0. The minimum Gasteiger partial charge on any atom is -0.352 e. The summed E-state index contributed by atoms with van der Waals surface area (Å²) in [6.07, 6.45) is 0. The Morgan fingerprint density at radius 2 is 1.18 bits per heavy atom. The van der Waals surface area contributed by atoms with Crippen molar-refractivity contribution in [1.82, 2.24) is 12.3 Å². The Morgan fingerprint density at radius 1 is 1.18 bits per heavy atom. The SMILES string of the molecule is N.N.NC(N)=O.NP(=O)(O)O. The number of nitrogens with two attached hydrogens (primary N) is 3. The van der Waals surface area contributed by atoms with Crippen molar-refractivity contribution in [1.29, 1.82) is 0 Å². The summed E-state index contributed by atoms with van der Waals surface area (Å²) >= 11 is 0. The third-order valence-electron chi connectivity index (χ3n) is 0. The van der Waals surface area contributed by atoms with E-state index in [0.717, 1.165) is 0 Å². The van der Waals surface area contributed by atoms with Crippen molar-refractivity contribution >= 4 is 13.8 Å². The van der Waals surface area contributed by atoms with E-state index < -0.39 is 13.8 Å². The third-order valence-corrected chi connectivity index (χ3v) is 0. The van der Waals surface area contributed by atoms with Gasteiger partial charge < -0.3 is 33.6 Å². The van der Waals surface area contributed by atoms with E-state index in [1.807, 2.05) is 0 Å². The van der Waals surface area contributed by atoms with Crippen LogP contribution in [0.1, 0.15) is 0 Å². The first kappa shape index (κ1) is 22.4. The lowest BCUT2D eigenvalue weighted by Crippen LogP contribution is -2.18. The molecule has 0 saturated heterocycles. The van der Waals surface area contributed by atoms with Gasteiger partial charge in [0.15, 0.2) is 0 Å². The predicted octanol–water partition coefficient (Wildman–Crippen LogP) is -1.61. The summed E-state index contributed by atoms with van der Waals surface area (Å²) in [5, 5.41) is 0. The summed E-state index contributed by atoms with van der Waals surface area (Å²) < 4.78 is 9.10. The molecule has 0 spiro atoms. The topological polar surface area (TPSA) is 223 Å². The van der Waals surface area contributed by atoms with E-state index in [2.05, 4.69) is 17.0 Å². The highest BCUT2D eigenvalue weighted by atomic mass is 31.2. The lowest BCUT2D eigenvalue weighted by molar-refractivity contribution is 0.256. The van der Waals surface area contributed by atoms with Crippen LogP contribution in [0.2, 0.25) is 0 Å². The molecule has 0 atom stereocenters. The Morgan fingerprint density at radius 3 is 1.18 bits per heavy atom. The molecule has 0 aliphatic rings. The second-order valence-electron chi connectivity index (χ2n) is 0.991. The Kier molecular flexibility index (Phi) is 19.0. The highest BCUT2D eigenvalue weighted by Gasteiger charge is 1.96. The molecule has 0 aromatic heterocycles. The summed E-state index contributed by atoms with van der Waals surface area (Å²) in [7, 11) is -4.14. The molecule has 0 rings (SSSR count). The Balaban J connectivity index is -0.0000000383. The number of carbonyl (C=O) groups is 1. The van der Waals surface area contributed by atoms with Crippen LogP contribution in [-0.2, 0) is 4.57 Å². The number of primary amides is 2. The minimum atomic E-state index is -4.14. The molecule has 0 unspecified atom stereocenters. The van der Waals surface area contributed by atoms with Gasteiger partial charge in [0.25, 0.3) is 0 Å². The van der Waals surface area contributed by atoms with Gasteiger partial charge >= 0.3 is 13.8 Å². The highest BCUT2D eigenvalue weighted by Crippen LogP contribution is 2.20. The first-order valence-electron chi connectivity index (χ1n) is 1.62. The molecule has 0 bridgehead atoms. The molecule has 0 aromatic rings. The van der Waals surface area contributed by atoms with Gasteiger partial charge in [-0.15, -0.1) is 0 Å². The molecule has 0 fully saturated rings. The van der Waals surface area contributed by atoms with Crippen molar-refractivity contribution in [2.24, 2.45) is 17.0 Å². The van der Waals surface area contributed by atoms with Gasteiger partial charge in [-0.3, -0.25) is 0 Å². The van der Waals surface area contributed by atoms with E-state index in [0.29, 0.717) is 0 Å². The smallest absolute Gasteiger partial charge is 0.352 e. The fourth-order valence-electron chi connectivity index (χ4n) is 0. The summed E-state index contributed by atoms with van der Waals surface area (Å²) in [5.41, 5.74) is 12.5. The van der Waals surface area contributed by atoms with Crippen LogP contribution in [0.4, 0.5) is 4.79 Å². The van der Waals surface area contributed by atoms with E-state index in [1.54, 1.807) is 0 Å². The Labute approximate surface area is 63.3 Å². The monoisotopic (exact) mass is 191 g/mol. The number of urea groups is 1. The average Bonchev–Trinajstić information content (AvgIpc) is 1.19. The first-order valence-corrected chi connectivity index (χ1v) is 3.30. The van der Waals surface area contributed by atoms with Crippen LogP contribution in [0.25, 0.3) is 0 Å². The first-order chi connectivity index (χ1) is 3.73. The number of rotatable bonds is 0. The van der Waals surface area contributed by atoms with Crippen LogP contribution in [-0.4, -0.2) is 15.8 Å². The maximum absolute atomic E-state index is 9.10. The van der Waals surface area contributed by atoms with Crippen LogP contribution in [0.3, 0.4) is 0 Å². The van der Waals surface area contributed by atoms with Crippen molar-refractivity contribution in [2.45, 2.75) is 0 Å². The van der Waals surface area contributed by atoms with E-state index >= 15 is 0 Å². The third kappa shape index (κ3) is 1010. The lowest BCUT2D eigenvalue weighted by atomic mass is 11.2. The molecule has 0 aliphatic heterocycles. The van der Waals surface area contributed by atoms with E-state index in [-0.39, 0.29) is 12.3 Å². The fourth-order valence-corrected chi connectivity index (χ4v) is 0. The molecule has 10 heteroatoms. The summed E-state index contributed by atoms with van der Waals surface area (Å²) in [5.74, 6) is 0. The van der Waals surface area contributed by atoms with Gasteiger partial charge in [-0.05, 0) is 0 Å². The standard InChI is InChI=1S/CH4N2O.H4NO3P.2H3N/c2-1(3)4;1-5(2,3)4;;/h(H4,2,3,4);(H4,1,2,3,4);2*1H3. The second kappa shape index (κ2) is 9.30. The summed E-state index contributed by atoms with van der Waals surface area (Å²) in [6, 6.07) is -0.833. The Hall–Kier alpha value is -0.700. The molecule has 0 radical (unpaired) electrons. The van der Waals surface area contributed by atoms with Gasteiger partial charge in [-0.25, -0.2) is 14.9 Å². The molecule has 0 aliphatic carbocycles. The molecule has 0 heterocycles. The fraction of sp³-hybridized carbons (Fsp3) is 0. The molecule has 0 saturated carbocycles. The molecule has 9 nitrogen and oxygen atoms in total. The van der Waals surface area contributed by atoms with Crippen molar-refractivity contribution in [2.75, 3.05) is 0 Å². The molecular formula is CH14N5O4P. The molecular weight excluding hydrogens is 177 g/mol. The van der Waals surface area contributed by atoms with E-state index in [1.165, 1.54) is 0 Å². The normalized spacial score (nSPS) is 7.55. The Bertz CT molecular complexity index is 118. The van der Waals surface area contributed by atoms with Gasteiger partial charge in [-0.2, -0.15) is 0 Å². The molecule has 2 amide bonds. The van der Waals surface area contributed by atoms with Crippen LogP contribution in [0.5, 0.6) is 0 Å². The maximum Gasteiger partial charge on any atom is 0.397 e. The summed E-state index contributed by atoms with van der Waals surface area (Å²) in [4.78, 5) is 23.8. The lowest BCUT2D eigenvalue weighted by Gasteiger charge is -1.84. The molecule has 72 valence electrons. The predicted molar refractivity (Wildman–Crippen MR) is 40.0 cm³/mol. The van der Waals surface area contributed by atoms with Gasteiger partial charge in [0, 0.05) is 0 Å². The largest absolute Gasteiger partial charge is 0.397 e. The van der Waals surface area contributed by atoms with Crippen molar-refractivity contribution in [3.63, 3.8) is 0 Å². The van der Waals surface area contributed by atoms with Crippen molar-refractivity contribution in [3.05, 3.63) is 0 Å². The van der Waals surface area contributed by atoms with Crippen LogP contribution in [0, 0.1) is 0 Å². The number of amides is 2. The van der Waals surface area contributed by atoms with Crippen LogP contribution >= 0.6 is 7.75 Å². The number of hydrogen-bond acceptors (Lipinski definition) is 4. The average molecular weight is 191 g/mol. The number of carbonyl (C=O) groups excluding carboxylic acids is 1. The van der Waals surface area contributed by atoms with Crippen molar-refractivity contribution < 1.29 is 19.1 Å². The second-order valence-corrected chi connectivity index (χ2v) is 2.17. The molecule has 11 heavy (non-hydrogen) atoms. The highest BCUT2D eigenvalue weighted by molar-refractivity contribution is 7.49. The zero-order valence-electron chi connectivity index (χ0n) is 5.80. The zero-order chi connectivity index (χ0) is 8.08. The van der Waals surface area contributed by atoms with Gasteiger partial charge in [0.2, 0.25) is 0 Å². The number of hydrogen-bond donors (Lipinski definition) is 7. The van der Waals surface area contributed by atoms with E-state index in [9.17, 15) is 0 Å². The molecule has 0 aromatic carbocycles. The van der Waals surface area contributed by atoms with Gasteiger partial charge in [-0.1, -0.05) is 0 Å². The van der Waals surface area contributed by atoms with Crippen LogP contribution in [0.15, 0.2) is 0 Å².